The summed E-state index contributed by atoms with van der Waals surface area (Å²) in [7, 11) is 0. The van der Waals surface area contributed by atoms with Crippen molar-refractivity contribution in [3.63, 3.8) is 0 Å². The van der Waals surface area contributed by atoms with E-state index in [1.165, 1.54) is 29.2 Å². The fourth-order valence-corrected chi connectivity index (χ4v) is 4.17. The second-order valence-electron chi connectivity index (χ2n) is 8.99. The summed E-state index contributed by atoms with van der Waals surface area (Å²) in [6, 6.07) is 2.51. The number of nitrogens with zero attached hydrogens (tertiary/aromatic N) is 2. The summed E-state index contributed by atoms with van der Waals surface area (Å²) in [5.41, 5.74) is 4.49. The van der Waals surface area contributed by atoms with Crippen LogP contribution in [0.25, 0.3) is 11.0 Å². The molecule has 1 aromatic heterocycles. The van der Waals surface area contributed by atoms with Crippen molar-refractivity contribution in [3.8, 4) is 0 Å². The van der Waals surface area contributed by atoms with Gasteiger partial charge in [0.05, 0.1) is 5.52 Å². The quantitative estimate of drug-likeness (QED) is 0.819. The summed E-state index contributed by atoms with van der Waals surface area (Å²) < 4.78 is 16.9. The average molecular weight is 404 g/mol. The van der Waals surface area contributed by atoms with Gasteiger partial charge in [-0.1, -0.05) is 46.1 Å². The third-order valence-electron chi connectivity index (χ3n) is 5.69. The number of nitrogens with one attached hydrogen (secondary N) is 1. The van der Waals surface area contributed by atoms with Crippen molar-refractivity contribution in [1.29, 1.82) is 0 Å². The Labute approximate surface area is 169 Å². The number of para-hydroxylation sites is 1. The van der Waals surface area contributed by atoms with Crippen LogP contribution in [-0.2, 0) is 11.3 Å². The number of amides is 2. The van der Waals surface area contributed by atoms with Gasteiger partial charge in [0.25, 0.3) is 0 Å². The highest BCUT2D eigenvalue weighted by Gasteiger charge is 2.33. The zero-order chi connectivity index (χ0) is 21.3. The van der Waals surface area contributed by atoms with Gasteiger partial charge in [0.15, 0.2) is 0 Å². The maximum Gasteiger partial charge on any atom is 0.337 e. The minimum absolute atomic E-state index is 0.115. The van der Waals surface area contributed by atoms with E-state index >= 15 is 0 Å². The molecule has 2 aromatic rings. The third-order valence-corrected chi connectivity index (χ3v) is 5.69. The van der Waals surface area contributed by atoms with Crippen molar-refractivity contribution < 1.29 is 14.0 Å². The molecule has 1 aromatic carbocycles. The average Bonchev–Trinajstić information content (AvgIpc) is 2.92. The second kappa shape index (κ2) is 8.00. The number of primary amides is 1. The molecule has 8 heteroatoms. The molecule has 1 heterocycles. The third kappa shape index (κ3) is 4.21. The Bertz CT molecular complexity index is 980. The molecule has 2 amide bonds. The molecule has 0 spiro atoms. The van der Waals surface area contributed by atoms with Gasteiger partial charge in [0, 0.05) is 6.54 Å². The van der Waals surface area contributed by atoms with Gasteiger partial charge in [-0.3, -0.25) is 9.36 Å². The van der Waals surface area contributed by atoms with E-state index in [1.807, 2.05) is 0 Å². The molecule has 158 valence electrons. The summed E-state index contributed by atoms with van der Waals surface area (Å²) in [6.07, 6.45) is 5.31. The fourth-order valence-electron chi connectivity index (χ4n) is 4.17. The molecule has 29 heavy (non-hydrogen) atoms. The minimum atomic E-state index is -0.979. The molecule has 1 aliphatic carbocycles. The maximum atomic E-state index is 14.7. The normalized spacial score (nSPS) is 16.7. The number of carbonyl (C=O) groups excluding carboxylic acids is 2. The van der Waals surface area contributed by atoms with Gasteiger partial charge in [-0.05, 0) is 36.3 Å². The van der Waals surface area contributed by atoms with Crippen LogP contribution in [0.5, 0.6) is 0 Å². The molecule has 3 rings (SSSR count). The number of hydrogen-bond donors (Lipinski definition) is 2. The van der Waals surface area contributed by atoms with Crippen LogP contribution in [0.1, 0.15) is 52.9 Å². The molecular formula is C21H29FN4O3. The predicted octanol–water partition coefficient (Wildman–Crippen LogP) is 2.98. The van der Waals surface area contributed by atoms with E-state index in [1.54, 1.807) is 20.8 Å². The molecule has 3 N–H and O–H groups in total. The lowest BCUT2D eigenvalue weighted by molar-refractivity contribution is -0.122. The number of carbonyl (C=O) groups is 2. The Hall–Kier alpha value is -2.64. The van der Waals surface area contributed by atoms with Crippen molar-refractivity contribution in [2.45, 2.75) is 65.5 Å². The molecule has 7 nitrogen and oxygen atoms in total. The van der Waals surface area contributed by atoms with E-state index in [9.17, 15) is 18.8 Å². The van der Waals surface area contributed by atoms with Gasteiger partial charge >= 0.3 is 11.7 Å². The number of imidazole rings is 1. The number of nitrogens with two attached hydrogens (primary N) is 1. The van der Waals surface area contributed by atoms with E-state index in [0.717, 1.165) is 30.3 Å². The first-order chi connectivity index (χ1) is 13.6. The van der Waals surface area contributed by atoms with E-state index in [2.05, 4.69) is 5.32 Å². The van der Waals surface area contributed by atoms with Crippen molar-refractivity contribution in [3.05, 3.63) is 34.5 Å². The number of aromatic nitrogens is 2. The van der Waals surface area contributed by atoms with E-state index in [4.69, 9.17) is 5.73 Å². The van der Waals surface area contributed by atoms with Crippen LogP contribution in [0.3, 0.4) is 0 Å². The highest BCUT2D eigenvalue weighted by atomic mass is 19.1. The first-order valence-corrected chi connectivity index (χ1v) is 10.1. The van der Waals surface area contributed by atoms with Crippen LogP contribution < -0.4 is 16.7 Å². The minimum Gasteiger partial charge on any atom is -0.368 e. The molecule has 1 saturated carbocycles. The highest BCUT2D eigenvalue weighted by molar-refractivity contribution is 5.93. The highest BCUT2D eigenvalue weighted by Crippen LogP contribution is 2.27. The fraction of sp³-hybridized carbons (Fsp3) is 0.571. The second-order valence-corrected chi connectivity index (χ2v) is 8.99. The molecule has 0 radical (unpaired) electrons. The first kappa shape index (κ1) is 21.1. The summed E-state index contributed by atoms with van der Waals surface area (Å²) in [5.74, 6) is -0.976. The monoisotopic (exact) mass is 404 g/mol. The number of fused-ring (bicyclic) bond motifs is 1. The number of rotatable bonds is 4. The zero-order valence-corrected chi connectivity index (χ0v) is 17.2. The van der Waals surface area contributed by atoms with Gasteiger partial charge in [-0.2, -0.15) is 0 Å². The van der Waals surface area contributed by atoms with E-state index in [-0.39, 0.29) is 17.0 Å². The Morgan fingerprint density at radius 3 is 2.48 bits per heavy atom. The van der Waals surface area contributed by atoms with Crippen LogP contribution in [0, 0.1) is 17.2 Å². The van der Waals surface area contributed by atoms with Crippen LogP contribution in [0.15, 0.2) is 23.0 Å². The van der Waals surface area contributed by atoms with Gasteiger partial charge in [0.2, 0.25) is 5.91 Å². The summed E-state index contributed by atoms with van der Waals surface area (Å²) in [4.78, 5) is 37.9. The SMILES string of the molecule is CC(C)(C)C(NC(=O)n1c(=O)n(CC2CCCCC2)c2c(F)cccc21)C(N)=O. The van der Waals surface area contributed by atoms with Crippen LogP contribution in [0.2, 0.25) is 0 Å². The van der Waals surface area contributed by atoms with Crippen LogP contribution in [-0.4, -0.2) is 27.1 Å². The summed E-state index contributed by atoms with van der Waals surface area (Å²) >= 11 is 0. The van der Waals surface area contributed by atoms with Gasteiger partial charge in [0.1, 0.15) is 17.4 Å². The van der Waals surface area contributed by atoms with Gasteiger partial charge < -0.3 is 11.1 Å². The maximum absolute atomic E-state index is 14.7. The standard InChI is InChI=1S/C21H29FN4O3/c1-21(2,3)17(18(23)27)24-19(28)26-15-11-7-10-14(22)16(15)25(20(26)29)12-13-8-5-4-6-9-13/h7,10-11,13,17H,4-6,8-9,12H2,1-3H3,(H2,23,27)(H,24,28). The molecule has 0 saturated heterocycles. The zero-order valence-electron chi connectivity index (χ0n) is 17.2. The molecule has 1 fully saturated rings. The van der Waals surface area contributed by atoms with Crippen molar-refractivity contribution in [1.82, 2.24) is 14.5 Å². The molecule has 0 aliphatic heterocycles. The topological polar surface area (TPSA) is 99.1 Å². The number of halogens is 1. The lowest BCUT2D eigenvalue weighted by Crippen LogP contribution is -2.54. The Morgan fingerprint density at radius 2 is 1.90 bits per heavy atom. The Kier molecular flexibility index (Phi) is 5.82. The Morgan fingerprint density at radius 1 is 1.24 bits per heavy atom. The van der Waals surface area contributed by atoms with Crippen molar-refractivity contribution in [2.75, 3.05) is 0 Å². The molecular weight excluding hydrogens is 375 g/mol. The lowest BCUT2D eigenvalue weighted by Gasteiger charge is -2.28. The van der Waals surface area contributed by atoms with E-state index in [0.29, 0.717) is 6.54 Å². The van der Waals surface area contributed by atoms with Gasteiger partial charge in [-0.15, -0.1) is 0 Å². The lowest BCUT2D eigenvalue weighted by atomic mass is 9.86. The largest absolute Gasteiger partial charge is 0.368 e. The summed E-state index contributed by atoms with van der Waals surface area (Å²) in [6.45, 7) is 5.65. The molecule has 1 atom stereocenters. The van der Waals surface area contributed by atoms with Crippen LogP contribution in [0.4, 0.5) is 9.18 Å². The van der Waals surface area contributed by atoms with E-state index < -0.39 is 34.9 Å². The van der Waals surface area contributed by atoms with Crippen molar-refractivity contribution in [2.24, 2.45) is 17.1 Å². The summed E-state index contributed by atoms with van der Waals surface area (Å²) in [5, 5.41) is 2.56. The number of hydrogen-bond acceptors (Lipinski definition) is 3. The molecule has 0 bridgehead atoms. The Balaban J connectivity index is 2.05. The molecule has 1 unspecified atom stereocenters. The smallest absolute Gasteiger partial charge is 0.337 e. The first-order valence-electron chi connectivity index (χ1n) is 10.1. The predicted molar refractivity (Wildman–Crippen MR) is 109 cm³/mol. The van der Waals surface area contributed by atoms with Crippen LogP contribution >= 0.6 is 0 Å². The van der Waals surface area contributed by atoms with Gasteiger partial charge in [-0.25, -0.2) is 18.5 Å². The molecule has 1 aliphatic rings. The van der Waals surface area contributed by atoms with Crippen molar-refractivity contribution >= 4 is 23.0 Å². The number of benzene rings is 1.